The van der Waals surface area contributed by atoms with Gasteiger partial charge in [0.15, 0.2) is 0 Å². The van der Waals surface area contributed by atoms with Gasteiger partial charge in [-0.2, -0.15) is 0 Å². The molecule has 1 heterocycles. The zero-order chi connectivity index (χ0) is 15.7. The molecule has 1 amide bonds. The number of amides is 1. The van der Waals surface area contributed by atoms with Crippen LogP contribution in [0.5, 0.6) is 5.75 Å². The molecule has 1 aromatic carbocycles. The summed E-state index contributed by atoms with van der Waals surface area (Å²) in [7, 11) is 3.74. The Kier molecular flexibility index (Phi) is 4.25. The largest absolute Gasteiger partial charge is 0.495 e. The molecule has 5 nitrogen and oxygen atoms in total. The first-order valence-electron chi connectivity index (χ1n) is 7.99. The molecule has 3 atom stereocenters. The molecule has 1 aliphatic heterocycles. The van der Waals surface area contributed by atoms with Crippen LogP contribution in [-0.4, -0.2) is 44.1 Å². The molecule has 1 saturated heterocycles. The lowest BCUT2D eigenvalue weighted by molar-refractivity contribution is 0.0936. The van der Waals surface area contributed by atoms with Gasteiger partial charge in [-0.25, -0.2) is 0 Å². The van der Waals surface area contributed by atoms with E-state index in [1.165, 1.54) is 13.0 Å². The lowest BCUT2D eigenvalue weighted by Gasteiger charge is -2.31. The van der Waals surface area contributed by atoms with Crippen LogP contribution in [0, 0.1) is 11.8 Å². The summed E-state index contributed by atoms with van der Waals surface area (Å²) in [5.41, 5.74) is 6.95. The second kappa shape index (κ2) is 6.16. The van der Waals surface area contributed by atoms with Crippen LogP contribution in [0.2, 0.25) is 0 Å². The number of ether oxygens (including phenoxy) is 1. The van der Waals surface area contributed by atoms with Gasteiger partial charge in [0.05, 0.1) is 12.8 Å². The third-order valence-corrected chi connectivity index (χ3v) is 5.10. The topological polar surface area (TPSA) is 67.6 Å². The van der Waals surface area contributed by atoms with Crippen molar-refractivity contribution in [3.63, 3.8) is 0 Å². The highest BCUT2D eigenvalue weighted by molar-refractivity contribution is 5.95. The maximum Gasteiger partial charge on any atom is 0.251 e. The van der Waals surface area contributed by atoms with Gasteiger partial charge in [0.25, 0.3) is 5.91 Å². The Morgan fingerprint density at radius 3 is 2.91 bits per heavy atom. The fourth-order valence-electron chi connectivity index (χ4n) is 3.91. The van der Waals surface area contributed by atoms with E-state index in [1.807, 2.05) is 0 Å². The van der Waals surface area contributed by atoms with Crippen LogP contribution >= 0.6 is 0 Å². The summed E-state index contributed by atoms with van der Waals surface area (Å²) in [5, 5.41) is 3.18. The summed E-state index contributed by atoms with van der Waals surface area (Å²) >= 11 is 0. The number of hydrogen-bond acceptors (Lipinski definition) is 4. The van der Waals surface area contributed by atoms with Crippen LogP contribution in [0.3, 0.4) is 0 Å². The molecule has 1 aromatic rings. The number of rotatable bonds is 3. The molecule has 0 bridgehead atoms. The zero-order valence-electron chi connectivity index (χ0n) is 13.3. The number of carbonyl (C=O) groups excluding carboxylic acids is 1. The predicted octanol–water partition coefficient (Wildman–Crippen LogP) is 1.74. The van der Waals surface area contributed by atoms with Crippen molar-refractivity contribution in [2.24, 2.45) is 11.8 Å². The van der Waals surface area contributed by atoms with Crippen molar-refractivity contribution < 1.29 is 9.53 Å². The summed E-state index contributed by atoms with van der Waals surface area (Å²) in [6, 6.07) is 5.47. The number of nitrogens with zero attached hydrogens (tertiary/aromatic N) is 1. The smallest absolute Gasteiger partial charge is 0.251 e. The minimum atomic E-state index is -0.0321. The Labute approximate surface area is 131 Å². The summed E-state index contributed by atoms with van der Waals surface area (Å²) in [4.78, 5) is 14.8. The number of nitrogen functional groups attached to an aromatic ring is 1. The van der Waals surface area contributed by atoms with E-state index in [1.54, 1.807) is 25.3 Å². The average molecular weight is 303 g/mol. The van der Waals surface area contributed by atoms with E-state index in [-0.39, 0.29) is 11.9 Å². The van der Waals surface area contributed by atoms with Crippen LogP contribution < -0.4 is 15.8 Å². The Hall–Kier alpha value is -1.75. The number of benzene rings is 1. The highest BCUT2D eigenvalue weighted by Gasteiger charge is 2.37. The van der Waals surface area contributed by atoms with Crippen LogP contribution in [0.4, 0.5) is 5.69 Å². The average Bonchev–Trinajstić information content (AvgIpc) is 2.88. The molecule has 5 heteroatoms. The van der Waals surface area contributed by atoms with Crippen molar-refractivity contribution in [2.45, 2.75) is 25.3 Å². The molecule has 1 saturated carbocycles. The Morgan fingerprint density at radius 2 is 2.14 bits per heavy atom. The fourth-order valence-corrected chi connectivity index (χ4v) is 3.91. The van der Waals surface area contributed by atoms with Crippen molar-refractivity contribution in [1.29, 1.82) is 0 Å². The zero-order valence-corrected chi connectivity index (χ0v) is 13.3. The Bertz CT molecular complexity index is 561. The Balaban J connectivity index is 1.63. The number of nitrogens with two attached hydrogens (primary N) is 1. The molecule has 0 aromatic heterocycles. The lowest BCUT2D eigenvalue weighted by atomic mass is 9.89. The van der Waals surface area contributed by atoms with Gasteiger partial charge in [-0.1, -0.05) is 0 Å². The highest BCUT2D eigenvalue weighted by atomic mass is 16.5. The number of methoxy groups -OCH3 is 1. The van der Waals surface area contributed by atoms with E-state index in [2.05, 4.69) is 17.3 Å². The van der Waals surface area contributed by atoms with E-state index >= 15 is 0 Å². The van der Waals surface area contributed by atoms with E-state index < -0.39 is 0 Å². The predicted molar refractivity (Wildman–Crippen MR) is 87.0 cm³/mol. The normalized spacial score (nSPS) is 28.2. The van der Waals surface area contributed by atoms with Crippen molar-refractivity contribution in [3.05, 3.63) is 23.8 Å². The number of carbonyl (C=O) groups is 1. The van der Waals surface area contributed by atoms with Crippen LogP contribution in [0.15, 0.2) is 18.2 Å². The van der Waals surface area contributed by atoms with Crippen LogP contribution in [0.25, 0.3) is 0 Å². The van der Waals surface area contributed by atoms with Gasteiger partial charge in [-0.3, -0.25) is 4.79 Å². The number of piperidine rings is 1. The van der Waals surface area contributed by atoms with E-state index in [0.29, 0.717) is 17.0 Å². The molecule has 22 heavy (non-hydrogen) atoms. The summed E-state index contributed by atoms with van der Waals surface area (Å²) in [6.07, 6.45) is 3.45. The van der Waals surface area contributed by atoms with Crippen LogP contribution in [-0.2, 0) is 0 Å². The first-order chi connectivity index (χ1) is 10.6. The molecule has 3 unspecified atom stereocenters. The minimum absolute atomic E-state index is 0.0321. The Morgan fingerprint density at radius 1 is 1.36 bits per heavy atom. The maximum atomic E-state index is 12.4. The van der Waals surface area contributed by atoms with Gasteiger partial charge in [0, 0.05) is 18.2 Å². The second-order valence-electron chi connectivity index (χ2n) is 6.67. The number of fused-ring (bicyclic) bond motifs is 1. The number of anilines is 1. The molecule has 2 fully saturated rings. The molecule has 1 aliphatic carbocycles. The van der Waals surface area contributed by atoms with Gasteiger partial charge in [-0.15, -0.1) is 0 Å². The monoisotopic (exact) mass is 303 g/mol. The minimum Gasteiger partial charge on any atom is -0.495 e. The van der Waals surface area contributed by atoms with E-state index in [0.717, 1.165) is 31.2 Å². The molecular formula is C17H25N3O2. The second-order valence-corrected chi connectivity index (χ2v) is 6.67. The standard InChI is InChI=1S/C17H25N3O2/c1-20-6-5-11-7-14(8-13(11)10-20)19-17(21)12-3-4-15(18)16(9-12)22-2/h3-4,9,11,13-14H,5-8,10,18H2,1-2H3,(H,19,21). The van der Waals surface area contributed by atoms with Crippen LogP contribution in [0.1, 0.15) is 29.6 Å². The van der Waals surface area contributed by atoms with Gasteiger partial charge in [0.2, 0.25) is 0 Å². The molecule has 3 rings (SSSR count). The van der Waals surface area contributed by atoms with E-state index in [9.17, 15) is 4.79 Å². The number of likely N-dealkylation sites (tertiary alicyclic amines) is 1. The van der Waals surface area contributed by atoms with Gasteiger partial charge < -0.3 is 20.7 Å². The number of nitrogens with one attached hydrogen (secondary N) is 1. The maximum absolute atomic E-state index is 12.4. The molecule has 0 radical (unpaired) electrons. The van der Waals surface area contributed by atoms with Crippen molar-refractivity contribution in [3.8, 4) is 5.75 Å². The fraction of sp³-hybridized carbons (Fsp3) is 0.588. The lowest BCUT2D eigenvalue weighted by Crippen LogP contribution is -2.35. The summed E-state index contributed by atoms with van der Waals surface area (Å²) in [6.45, 7) is 2.34. The van der Waals surface area contributed by atoms with E-state index in [4.69, 9.17) is 10.5 Å². The van der Waals surface area contributed by atoms with Gasteiger partial charge >= 0.3 is 0 Å². The SMILES string of the molecule is COc1cc(C(=O)NC2CC3CCN(C)CC3C2)ccc1N. The first kappa shape index (κ1) is 15.2. The van der Waals surface area contributed by atoms with Crippen molar-refractivity contribution in [2.75, 3.05) is 33.0 Å². The third-order valence-electron chi connectivity index (χ3n) is 5.10. The first-order valence-corrected chi connectivity index (χ1v) is 7.99. The van der Waals surface area contributed by atoms with Crippen molar-refractivity contribution >= 4 is 11.6 Å². The van der Waals surface area contributed by atoms with Gasteiger partial charge in [0.1, 0.15) is 5.75 Å². The highest BCUT2D eigenvalue weighted by Crippen LogP contribution is 2.37. The third kappa shape index (κ3) is 3.04. The summed E-state index contributed by atoms with van der Waals surface area (Å²) < 4.78 is 5.18. The summed E-state index contributed by atoms with van der Waals surface area (Å²) in [5.74, 6) is 2.01. The van der Waals surface area contributed by atoms with Gasteiger partial charge in [-0.05, 0) is 62.9 Å². The molecule has 2 aliphatic rings. The van der Waals surface area contributed by atoms with Crippen molar-refractivity contribution in [1.82, 2.24) is 10.2 Å². The molecule has 0 spiro atoms. The number of hydrogen-bond donors (Lipinski definition) is 2. The molecule has 120 valence electrons. The molecular weight excluding hydrogens is 278 g/mol. The quantitative estimate of drug-likeness (QED) is 0.835. The molecule has 3 N–H and O–H groups in total.